The summed E-state index contributed by atoms with van der Waals surface area (Å²) >= 11 is 0. The number of nitrogens with zero attached hydrogens (tertiary/aromatic N) is 1. The fourth-order valence-corrected chi connectivity index (χ4v) is 0.913. The van der Waals surface area contributed by atoms with Crippen molar-refractivity contribution in [3.05, 3.63) is 23.5 Å². The van der Waals surface area contributed by atoms with Crippen LogP contribution in [0.25, 0.3) is 0 Å². The second-order valence-corrected chi connectivity index (χ2v) is 2.33. The minimum absolute atomic E-state index is 1.12. The van der Waals surface area contributed by atoms with Crippen molar-refractivity contribution in [3.8, 4) is 0 Å². The Kier molecular flexibility index (Phi) is 1.93. The van der Waals surface area contributed by atoms with Gasteiger partial charge in [0.25, 0.3) is 0 Å². The van der Waals surface area contributed by atoms with Crippen molar-refractivity contribution in [3.63, 3.8) is 0 Å². The molecule has 0 unspecified atom stereocenters. The Morgan fingerprint density at radius 3 is 2.67 bits per heavy atom. The predicted molar refractivity (Wildman–Crippen MR) is 38.9 cm³/mol. The molecule has 49 valence electrons. The molecule has 0 saturated carbocycles. The molecule has 9 heavy (non-hydrogen) atoms. The van der Waals surface area contributed by atoms with Crippen LogP contribution in [0.3, 0.4) is 0 Å². The first-order valence-electron chi connectivity index (χ1n) is 3.42. The van der Waals surface area contributed by atoms with Crippen LogP contribution in [-0.4, -0.2) is 0 Å². The van der Waals surface area contributed by atoms with Gasteiger partial charge in [0.1, 0.15) is 0 Å². The second-order valence-electron chi connectivity index (χ2n) is 2.33. The molecule has 1 rings (SSSR count). The van der Waals surface area contributed by atoms with Gasteiger partial charge in [0.2, 0.25) is 0 Å². The van der Waals surface area contributed by atoms with E-state index in [1.54, 1.807) is 0 Å². The number of hydrogen-bond acceptors (Lipinski definition) is 0. The van der Waals surface area contributed by atoms with Crippen LogP contribution in [0.4, 0.5) is 0 Å². The summed E-state index contributed by atoms with van der Waals surface area (Å²) < 4.78 is 0. The quantitative estimate of drug-likeness (QED) is 0.533. The van der Waals surface area contributed by atoms with Crippen LogP contribution in [0, 0.1) is 0 Å². The highest BCUT2D eigenvalue weighted by Gasteiger charge is 2.02. The van der Waals surface area contributed by atoms with E-state index in [0.717, 1.165) is 12.1 Å². The van der Waals surface area contributed by atoms with Crippen LogP contribution >= 0.6 is 0 Å². The number of hydrogen-bond donors (Lipinski definition) is 0. The molecule has 0 N–H and O–H groups in total. The third-order valence-corrected chi connectivity index (χ3v) is 1.34. The van der Waals surface area contributed by atoms with Crippen molar-refractivity contribution in [1.29, 1.82) is 0 Å². The van der Waals surface area contributed by atoms with Gasteiger partial charge in [-0.2, -0.15) is 0 Å². The highest BCUT2D eigenvalue weighted by molar-refractivity contribution is 5.25. The van der Waals surface area contributed by atoms with Crippen molar-refractivity contribution in [2.75, 3.05) is 0 Å². The van der Waals surface area contributed by atoms with Crippen molar-refractivity contribution in [2.24, 2.45) is 0 Å². The van der Waals surface area contributed by atoms with Crippen molar-refractivity contribution in [2.45, 2.75) is 26.7 Å². The van der Waals surface area contributed by atoms with Crippen LogP contribution < -0.4 is 5.32 Å². The standard InChI is InChI=1S/C8H12N/c1-3-4-8-6-5-7(2)9-8/h5-6H,3-4H2,1-2H3. The van der Waals surface area contributed by atoms with E-state index < -0.39 is 0 Å². The Morgan fingerprint density at radius 1 is 1.44 bits per heavy atom. The molecular formula is C8H12N. The summed E-state index contributed by atoms with van der Waals surface area (Å²) in [5.41, 5.74) is 2.37. The van der Waals surface area contributed by atoms with E-state index in [-0.39, 0.29) is 0 Å². The third kappa shape index (κ3) is 1.60. The maximum atomic E-state index is 4.30. The monoisotopic (exact) mass is 122 g/mol. The van der Waals surface area contributed by atoms with Gasteiger partial charge < -0.3 is 0 Å². The lowest BCUT2D eigenvalue weighted by Gasteiger charge is -1.97. The molecule has 1 aliphatic heterocycles. The van der Waals surface area contributed by atoms with Crippen molar-refractivity contribution >= 4 is 0 Å². The van der Waals surface area contributed by atoms with E-state index in [4.69, 9.17) is 0 Å². The van der Waals surface area contributed by atoms with Gasteiger partial charge in [0.05, 0.1) is 0 Å². The Morgan fingerprint density at radius 2 is 2.22 bits per heavy atom. The molecule has 1 heteroatoms. The summed E-state index contributed by atoms with van der Waals surface area (Å²) in [5, 5.41) is 4.30. The van der Waals surface area contributed by atoms with Gasteiger partial charge >= 0.3 is 0 Å². The van der Waals surface area contributed by atoms with Gasteiger partial charge in [0.15, 0.2) is 0 Å². The molecule has 1 heterocycles. The van der Waals surface area contributed by atoms with Crippen LogP contribution in [0.2, 0.25) is 0 Å². The van der Waals surface area contributed by atoms with Gasteiger partial charge in [0, 0.05) is 11.4 Å². The van der Waals surface area contributed by atoms with Gasteiger partial charge in [-0.3, -0.25) is 5.32 Å². The molecule has 0 saturated heterocycles. The lowest BCUT2D eigenvalue weighted by Crippen LogP contribution is -1.95. The summed E-state index contributed by atoms with van der Waals surface area (Å²) in [6.45, 7) is 4.20. The molecular weight excluding hydrogens is 110 g/mol. The number of allylic oxidation sites excluding steroid dienone is 4. The summed E-state index contributed by atoms with van der Waals surface area (Å²) in [6.07, 6.45) is 6.47. The Hall–Kier alpha value is -0.720. The van der Waals surface area contributed by atoms with E-state index >= 15 is 0 Å². The molecule has 0 aliphatic carbocycles. The van der Waals surface area contributed by atoms with E-state index in [0.29, 0.717) is 0 Å². The van der Waals surface area contributed by atoms with Gasteiger partial charge in [-0.1, -0.05) is 13.3 Å². The first kappa shape index (κ1) is 6.40. The fourth-order valence-electron chi connectivity index (χ4n) is 0.913. The van der Waals surface area contributed by atoms with Crippen molar-refractivity contribution < 1.29 is 0 Å². The Balaban J connectivity index is 2.35. The minimum atomic E-state index is 1.12. The zero-order valence-corrected chi connectivity index (χ0v) is 6.02. The largest absolute Gasteiger partial charge is 0.258 e. The predicted octanol–water partition coefficient (Wildman–Crippen LogP) is 2.19. The molecule has 0 bridgehead atoms. The van der Waals surface area contributed by atoms with Gasteiger partial charge in [-0.25, -0.2) is 0 Å². The van der Waals surface area contributed by atoms with Crippen molar-refractivity contribution in [1.82, 2.24) is 5.32 Å². The highest BCUT2D eigenvalue weighted by Crippen LogP contribution is 2.12. The second kappa shape index (κ2) is 2.72. The Labute approximate surface area is 56.5 Å². The maximum Gasteiger partial charge on any atom is 0.0407 e. The van der Waals surface area contributed by atoms with E-state index in [2.05, 4.69) is 24.4 Å². The smallest absolute Gasteiger partial charge is 0.0407 e. The molecule has 0 aromatic carbocycles. The first-order valence-corrected chi connectivity index (χ1v) is 3.42. The summed E-state index contributed by atoms with van der Waals surface area (Å²) in [6, 6.07) is 0. The van der Waals surface area contributed by atoms with Crippen LogP contribution in [0.15, 0.2) is 23.5 Å². The molecule has 0 fully saturated rings. The first-order chi connectivity index (χ1) is 4.33. The normalized spacial score (nSPS) is 16.7. The SMILES string of the molecule is CCCC1=CC=C(C)[N]1. The molecule has 0 aromatic rings. The maximum absolute atomic E-state index is 4.30. The van der Waals surface area contributed by atoms with Crippen LogP contribution in [0.5, 0.6) is 0 Å². The van der Waals surface area contributed by atoms with E-state index in [9.17, 15) is 0 Å². The molecule has 1 nitrogen and oxygen atoms in total. The summed E-state index contributed by atoms with van der Waals surface area (Å²) in [5.74, 6) is 0. The third-order valence-electron chi connectivity index (χ3n) is 1.34. The zero-order chi connectivity index (χ0) is 6.69. The molecule has 0 atom stereocenters. The topological polar surface area (TPSA) is 14.1 Å². The van der Waals surface area contributed by atoms with E-state index in [1.165, 1.54) is 12.1 Å². The molecule has 1 aliphatic rings. The van der Waals surface area contributed by atoms with Gasteiger partial charge in [-0.15, -0.1) is 0 Å². The van der Waals surface area contributed by atoms with Gasteiger partial charge in [-0.05, 0) is 25.5 Å². The highest BCUT2D eigenvalue weighted by atomic mass is 14.9. The molecule has 0 spiro atoms. The molecule has 0 amide bonds. The minimum Gasteiger partial charge on any atom is -0.258 e. The zero-order valence-electron chi connectivity index (χ0n) is 6.02. The summed E-state index contributed by atoms with van der Waals surface area (Å²) in [7, 11) is 0. The fraction of sp³-hybridized carbons (Fsp3) is 0.500. The molecule has 0 aromatic heterocycles. The van der Waals surface area contributed by atoms with E-state index in [1.807, 2.05) is 6.92 Å². The molecule has 1 radical (unpaired) electrons. The number of rotatable bonds is 2. The lowest BCUT2D eigenvalue weighted by atomic mass is 10.2. The summed E-state index contributed by atoms with van der Waals surface area (Å²) in [4.78, 5) is 0. The van der Waals surface area contributed by atoms with Crippen LogP contribution in [0.1, 0.15) is 26.7 Å². The lowest BCUT2D eigenvalue weighted by molar-refractivity contribution is 0.820. The Bertz CT molecular complexity index is 154. The average molecular weight is 122 g/mol. The van der Waals surface area contributed by atoms with Crippen LogP contribution in [-0.2, 0) is 0 Å². The average Bonchev–Trinajstić information content (AvgIpc) is 2.17.